The van der Waals surface area contributed by atoms with Gasteiger partial charge in [0.05, 0.1) is 6.54 Å². The first kappa shape index (κ1) is 13.9. The average molecular weight is 303 g/mol. The van der Waals surface area contributed by atoms with Crippen LogP contribution in [0.4, 0.5) is 0 Å². The van der Waals surface area contributed by atoms with E-state index in [1.807, 2.05) is 0 Å². The number of nitrogens with zero attached hydrogens (tertiary/aromatic N) is 3. The van der Waals surface area contributed by atoms with Crippen LogP contribution in [0.15, 0.2) is 9.00 Å². The summed E-state index contributed by atoms with van der Waals surface area (Å²) in [7, 11) is -2.29. The van der Waals surface area contributed by atoms with Gasteiger partial charge in [-0.25, -0.2) is 13.4 Å². The molecule has 0 saturated carbocycles. The molecule has 0 aliphatic heterocycles. The van der Waals surface area contributed by atoms with Crippen molar-refractivity contribution in [3.05, 3.63) is 27.0 Å². The van der Waals surface area contributed by atoms with Crippen molar-refractivity contribution in [1.29, 1.82) is 0 Å². The van der Waals surface area contributed by atoms with Gasteiger partial charge in [0.25, 0.3) is 10.0 Å². The van der Waals surface area contributed by atoms with Crippen molar-refractivity contribution in [3.63, 3.8) is 0 Å². The number of aromatic amines is 2. The van der Waals surface area contributed by atoms with Crippen molar-refractivity contribution >= 4 is 21.4 Å². The summed E-state index contributed by atoms with van der Waals surface area (Å²) in [5.74, 6) is 0.993. The Labute approximate surface area is 113 Å². The molecule has 0 atom stereocenters. The first-order chi connectivity index (χ1) is 8.80. The van der Waals surface area contributed by atoms with Gasteiger partial charge in [-0.3, -0.25) is 9.89 Å². The van der Waals surface area contributed by atoms with Crippen molar-refractivity contribution in [1.82, 2.24) is 24.5 Å². The van der Waals surface area contributed by atoms with Crippen LogP contribution in [0, 0.1) is 13.8 Å². The second-order valence-electron chi connectivity index (χ2n) is 4.03. The molecule has 8 nitrogen and oxygen atoms in total. The fourth-order valence-electron chi connectivity index (χ4n) is 1.52. The predicted octanol–water partition coefficient (Wildman–Crippen LogP) is -0.00796. The molecule has 0 spiro atoms. The van der Waals surface area contributed by atoms with Crippen LogP contribution in [0.1, 0.15) is 17.3 Å². The highest BCUT2D eigenvalue weighted by Gasteiger charge is 2.26. The summed E-state index contributed by atoms with van der Waals surface area (Å²) < 4.78 is 25.7. The van der Waals surface area contributed by atoms with Gasteiger partial charge < -0.3 is 4.98 Å². The molecule has 10 heteroatoms. The minimum Gasteiger partial charge on any atom is -0.315 e. The average Bonchev–Trinajstić information content (AvgIpc) is 2.85. The van der Waals surface area contributed by atoms with E-state index in [-0.39, 0.29) is 10.8 Å². The Morgan fingerprint density at radius 3 is 2.53 bits per heavy atom. The van der Waals surface area contributed by atoms with E-state index < -0.39 is 14.9 Å². The monoisotopic (exact) mass is 303 g/mol. The first-order valence-electron chi connectivity index (χ1n) is 5.34. The third-order valence-electron chi connectivity index (χ3n) is 2.43. The first-order valence-corrected chi connectivity index (χ1v) is 7.60. The third-order valence-corrected chi connectivity index (χ3v) is 5.82. The van der Waals surface area contributed by atoms with Gasteiger partial charge in [0.2, 0.25) is 0 Å². The summed E-state index contributed by atoms with van der Waals surface area (Å²) in [6.45, 7) is 3.32. The highest BCUT2D eigenvalue weighted by molar-refractivity contribution is 7.91. The van der Waals surface area contributed by atoms with Crippen LogP contribution in [0.5, 0.6) is 0 Å². The molecule has 0 bridgehead atoms. The highest BCUT2D eigenvalue weighted by Crippen LogP contribution is 2.20. The number of hydrogen-bond acceptors (Lipinski definition) is 6. The Kier molecular flexibility index (Phi) is 3.56. The van der Waals surface area contributed by atoms with E-state index in [0.29, 0.717) is 28.7 Å². The van der Waals surface area contributed by atoms with Crippen molar-refractivity contribution in [2.24, 2.45) is 0 Å². The zero-order valence-electron chi connectivity index (χ0n) is 10.6. The second-order valence-corrected chi connectivity index (χ2v) is 7.25. The second kappa shape index (κ2) is 4.87. The maximum absolute atomic E-state index is 12.3. The van der Waals surface area contributed by atoms with E-state index in [2.05, 4.69) is 20.2 Å². The maximum Gasteiger partial charge on any atom is 0.305 e. The number of sulfonamides is 1. The van der Waals surface area contributed by atoms with E-state index in [9.17, 15) is 13.2 Å². The van der Waals surface area contributed by atoms with Gasteiger partial charge in [0, 0.05) is 12.7 Å². The third kappa shape index (κ3) is 2.74. The minimum absolute atomic E-state index is 0.0206. The van der Waals surface area contributed by atoms with Crippen LogP contribution < -0.4 is 4.87 Å². The van der Waals surface area contributed by atoms with Crippen molar-refractivity contribution < 1.29 is 8.42 Å². The van der Waals surface area contributed by atoms with Gasteiger partial charge in [0.15, 0.2) is 10.0 Å². The lowest BCUT2D eigenvalue weighted by Crippen LogP contribution is -2.27. The maximum atomic E-state index is 12.3. The molecule has 2 N–H and O–H groups in total. The number of thiazole rings is 1. The van der Waals surface area contributed by atoms with E-state index in [1.54, 1.807) is 13.8 Å². The Morgan fingerprint density at radius 2 is 2.05 bits per heavy atom. The lowest BCUT2D eigenvalue weighted by atomic mass is 10.6. The van der Waals surface area contributed by atoms with Gasteiger partial charge in [-0.1, -0.05) is 11.3 Å². The quantitative estimate of drug-likeness (QED) is 0.825. The number of rotatable bonds is 4. The van der Waals surface area contributed by atoms with Gasteiger partial charge >= 0.3 is 4.87 Å². The Bertz CT molecular complexity index is 742. The Balaban J connectivity index is 2.29. The van der Waals surface area contributed by atoms with E-state index >= 15 is 0 Å². The van der Waals surface area contributed by atoms with Crippen LogP contribution in [0.3, 0.4) is 0 Å². The summed E-state index contributed by atoms with van der Waals surface area (Å²) in [6, 6.07) is 0. The van der Waals surface area contributed by atoms with Gasteiger partial charge in [-0.15, -0.1) is 0 Å². The summed E-state index contributed by atoms with van der Waals surface area (Å²) in [4.78, 5) is 17.3. The van der Waals surface area contributed by atoms with Crippen LogP contribution in [0.2, 0.25) is 0 Å². The number of nitrogens with one attached hydrogen (secondary N) is 2. The summed E-state index contributed by atoms with van der Waals surface area (Å²) in [5.41, 5.74) is 0.341. The molecule has 0 unspecified atom stereocenters. The number of aromatic nitrogens is 4. The molecule has 0 fully saturated rings. The van der Waals surface area contributed by atoms with Crippen LogP contribution >= 0.6 is 11.3 Å². The largest absolute Gasteiger partial charge is 0.315 e. The van der Waals surface area contributed by atoms with E-state index in [4.69, 9.17) is 0 Å². The SMILES string of the molecule is Cc1nc(CN(C)S(=O)(=O)c2sc(=O)[nH]c2C)n[nH]1. The molecule has 2 aromatic heterocycles. The molecular formula is C9H13N5O3S2. The predicted molar refractivity (Wildman–Crippen MR) is 69.4 cm³/mol. The Morgan fingerprint density at radius 1 is 1.37 bits per heavy atom. The topological polar surface area (TPSA) is 112 Å². The summed E-state index contributed by atoms with van der Waals surface area (Å²) >= 11 is 0.676. The van der Waals surface area contributed by atoms with Crippen molar-refractivity contribution in [3.8, 4) is 0 Å². The van der Waals surface area contributed by atoms with Crippen LogP contribution in [0.25, 0.3) is 0 Å². The molecule has 0 aliphatic carbocycles. The van der Waals surface area contributed by atoms with E-state index in [0.717, 1.165) is 4.31 Å². The van der Waals surface area contributed by atoms with Gasteiger partial charge in [-0.2, -0.15) is 9.40 Å². The summed E-state index contributed by atoms with van der Waals surface area (Å²) in [6.07, 6.45) is 0. The van der Waals surface area contributed by atoms with Crippen LogP contribution in [-0.4, -0.2) is 39.9 Å². The smallest absolute Gasteiger partial charge is 0.305 e. The minimum atomic E-state index is -3.71. The summed E-state index contributed by atoms with van der Waals surface area (Å²) in [5, 5.41) is 6.53. The van der Waals surface area contributed by atoms with Gasteiger partial charge in [0.1, 0.15) is 5.82 Å². The normalized spacial score (nSPS) is 12.2. The van der Waals surface area contributed by atoms with E-state index in [1.165, 1.54) is 7.05 Å². The lowest BCUT2D eigenvalue weighted by Gasteiger charge is -2.14. The Hall–Kier alpha value is -1.52. The number of hydrogen-bond donors (Lipinski definition) is 2. The zero-order valence-corrected chi connectivity index (χ0v) is 12.2. The molecule has 19 heavy (non-hydrogen) atoms. The molecule has 2 heterocycles. The van der Waals surface area contributed by atoms with Crippen molar-refractivity contribution in [2.75, 3.05) is 7.05 Å². The fraction of sp³-hybridized carbons (Fsp3) is 0.444. The molecule has 2 rings (SSSR count). The van der Waals surface area contributed by atoms with Gasteiger partial charge in [-0.05, 0) is 13.8 Å². The fourth-order valence-corrected chi connectivity index (χ4v) is 4.14. The molecule has 0 saturated heterocycles. The van der Waals surface area contributed by atoms with Crippen LogP contribution in [-0.2, 0) is 16.6 Å². The molecule has 0 radical (unpaired) electrons. The number of aryl methyl sites for hydroxylation is 2. The lowest BCUT2D eigenvalue weighted by molar-refractivity contribution is 0.458. The molecular weight excluding hydrogens is 290 g/mol. The molecule has 0 aromatic carbocycles. The molecule has 2 aromatic rings. The molecule has 0 amide bonds. The standard InChI is InChI=1S/C9H13N5O3S2/c1-5-8(18-9(15)10-5)19(16,17)14(3)4-7-11-6(2)12-13-7/h4H2,1-3H3,(H,10,15)(H,11,12,13). The molecule has 104 valence electrons. The number of H-pyrrole nitrogens is 2. The highest BCUT2D eigenvalue weighted by atomic mass is 32.2. The zero-order chi connectivity index (χ0) is 14.2. The molecule has 0 aliphatic rings. The van der Waals surface area contributed by atoms with Crippen molar-refractivity contribution in [2.45, 2.75) is 24.6 Å².